The van der Waals surface area contributed by atoms with E-state index in [0.29, 0.717) is 28.1 Å². The number of halogens is 1. The summed E-state index contributed by atoms with van der Waals surface area (Å²) in [6.07, 6.45) is -2.84. The van der Waals surface area contributed by atoms with Crippen LogP contribution in [-0.2, 0) is 9.36 Å². The zero-order valence-corrected chi connectivity index (χ0v) is 21.8. The second-order valence-corrected chi connectivity index (χ2v) is 11.4. The molecule has 0 bridgehead atoms. The number of carboxylic acid groups (broad SMARTS) is 1. The lowest BCUT2D eigenvalue weighted by Crippen LogP contribution is -2.17. The number of fused-ring (bicyclic) bond motifs is 1. The van der Waals surface area contributed by atoms with Gasteiger partial charge in [0, 0.05) is 11.1 Å². The molecule has 38 heavy (non-hydrogen) atoms. The number of rotatable bonds is 7. The first-order valence-electron chi connectivity index (χ1n) is 12.1. The molecule has 4 rings (SSSR count). The molecule has 0 fully saturated rings. The number of aliphatic carboxylic acids is 1. The van der Waals surface area contributed by atoms with Crippen LogP contribution in [0.15, 0.2) is 72.8 Å². The highest BCUT2D eigenvalue weighted by atomic mass is 31.2. The van der Waals surface area contributed by atoms with Gasteiger partial charge in [-0.3, -0.25) is 14.3 Å². The van der Waals surface area contributed by atoms with Crippen LogP contribution in [-0.4, -0.2) is 38.3 Å². The average molecular weight is 532 g/mol. The highest BCUT2D eigenvalue weighted by molar-refractivity contribution is 7.63. The van der Waals surface area contributed by atoms with Crippen molar-refractivity contribution in [2.75, 3.05) is 6.16 Å². The van der Waals surface area contributed by atoms with Gasteiger partial charge in [-0.2, -0.15) is 0 Å². The zero-order chi connectivity index (χ0) is 27.4. The van der Waals surface area contributed by atoms with E-state index in [0.717, 1.165) is 16.3 Å². The summed E-state index contributed by atoms with van der Waals surface area (Å²) < 4.78 is 26.5. The van der Waals surface area contributed by atoms with Gasteiger partial charge < -0.3 is 15.1 Å². The van der Waals surface area contributed by atoms with Crippen molar-refractivity contribution in [3.63, 3.8) is 0 Å². The lowest BCUT2D eigenvalue weighted by molar-refractivity contribution is -0.138. The van der Waals surface area contributed by atoms with Gasteiger partial charge >= 0.3 is 5.97 Å². The van der Waals surface area contributed by atoms with E-state index in [1.807, 2.05) is 62.4 Å². The molecule has 0 spiro atoms. The van der Waals surface area contributed by atoms with E-state index in [-0.39, 0.29) is 5.92 Å². The van der Waals surface area contributed by atoms with Crippen molar-refractivity contribution in [3.8, 4) is 34.0 Å². The molecule has 0 radical (unpaired) electrons. The van der Waals surface area contributed by atoms with E-state index in [4.69, 9.17) is 10.1 Å². The highest BCUT2D eigenvalue weighted by Crippen LogP contribution is 2.41. The van der Waals surface area contributed by atoms with Crippen LogP contribution < -0.4 is 0 Å². The summed E-state index contributed by atoms with van der Waals surface area (Å²) in [5.41, 5.74) is 6.23. The first-order chi connectivity index (χ1) is 18.0. The van der Waals surface area contributed by atoms with Crippen LogP contribution in [0.1, 0.15) is 37.4 Å². The molecule has 3 N–H and O–H groups in total. The number of pyridine rings is 1. The summed E-state index contributed by atoms with van der Waals surface area (Å²) in [5, 5.41) is 20.8. The van der Waals surface area contributed by atoms with Crippen molar-refractivity contribution in [1.82, 2.24) is 4.98 Å². The fourth-order valence-corrected chi connectivity index (χ4v) is 5.38. The number of benzene rings is 3. The predicted octanol–water partition coefficient (Wildman–Crippen LogP) is 6.25. The molecule has 1 aromatic heterocycles. The molecule has 0 aliphatic heterocycles. The molecule has 3 aromatic carbocycles. The number of aromatic nitrogens is 1. The normalized spacial score (nSPS) is 13.5. The first-order valence-corrected chi connectivity index (χ1v) is 13.9. The smallest absolute Gasteiger partial charge is 0.305 e. The maximum atomic E-state index is 13.8. The molecule has 0 aliphatic rings. The highest BCUT2D eigenvalue weighted by Gasteiger charge is 2.24. The Balaban J connectivity index is 1.92. The minimum absolute atomic E-state index is 0.121. The number of carboxylic acids is 1. The summed E-state index contributed by atoms with van der Waals surface area (Å²) >= 11 is 0. The van der Waals surface area contributed by atoms with Crippen LogP contribution in [0, 0.1) is 17.4 Å². The Morgan fingerprint density at radius 1 is 1.03 bits per heavy atom. The molecule has 6 nitrogen and oxygen atoms in total. The fraction of sp³-hybridized carbons (Fsp3) is 0.200. The van der Waals surface area contributed by atoms with E-state index >= 15 is 0 Å². The zero-order valence-electron chi connectivity index (χ0n) is 20.9. The van der Waals surface area contributed by atoms with Crippen LogP contribution in [0.25, 0.3) is 33.2 Å². The summed E-state index contributed by atoms with van der Waals surface area (Å²) in [6.45, 7) is 3.87. The van der Waals surface area contributed by atoms with E-state index in [2.05, 4.69) is 11.6 Å². The van der Waals surface area contributed by atoms with Crippen LogP contribution in [0.4, 0.5) is 4.39 Å². The fourth-order valence-electron chi connectivity index (χ4n) is 4.30. The Morgan fingerprint density at radius 2 is 1.71 bits per heavy atom. The Kier molecular flexibility index (Phi) is 8.08. The van der Waals surface area contributed by atoms with Gasteiger partial charge in [-0.05, 0) is 46.1 Å². The molecule has 8 heteroatoms. The standard InChI is InChI=1S/C30H27FNO5P/c1-19(2)30-26(14-15-38(36,37)18-23(33)16-29(34)35)27(21-10-12-22(31)13-11-21)17-28(32-30)25-9-5-7-20-6-3-4-8-24(20)25/h3-13,17,19,23,33H,16,18H2,1-2H3,(H,34,35)(H,36,37)/t23-/m0/s1. The van der Waals surface area contributed by atoms with Crippen molar-refractivity contribution in [2.24, 2.45) is 0 Å². The molecule has 2 atom stereocenters. The predicted molar refractivity (Wildman–Crippen MR) is 146 cm³/mol. The van der Waals surface area contributed by atoms with Gasteiger partial charge in [-0.15, -0.1) is 0 Å². The van der Waals surface area contributed by atoms with Crippen molar-refractivity contribution in [1.29, 1.82) is 0 Å². The van der Waals surface area contributed by atoms with Gasteiger partial charge in [0.25, 0.3) is 7.37 Å². The summed E-state index contributed by atoms with van der Waals surface area (Å²) in [7, 11) is -4.20. The lowest BCUT2D eigenvalue weighted by atomic mass is 9.92. The number of nitrogens with zero attached hydrogens (tertiary/aromatic N) is 1. The molecule has 0 saturated heterocycles. The van der Waals surface area contributed by atoms with E-state index in [1.54, 1.807) is 12.1 Å². The molecule has 0 aliphatic carbocycles. The summed E-state index contributed by atoms with van der Waals surface area (Å²) in [6, 6.07) is 21.6. The number of hydrogen-bond donors (Lipinski definition) is 3. The van der Waals surface area contributed by atoms with Gasteiger partial charge in [0.2, 0.25) is 0 Å². The summed E-state index contributed by atoms with van der Waals surface area (Å²) in [5.74, 6) is 1.01. The molecule has 4 aromatic rings. The number of carbonyl (C=O) groups is 1. The molecule has 1 heterocycles. The molecular formula is C30H27FNO5P. The third-order valence-corrected chi connectivity index (χ3v) is 7.42. The quantitative estimate of drug-likeness (QED) is 0.192. The van der Waals surface area contributed by atoms with Crippen LogP contribution in [0.3, 0.4) is 0 Å². The number of aliphatic hydroxyl groups excluding tert-OH is 1. The topological polar surface area (TPSA) is 108 Å². The minimum Gasteiger partial charge on any atom is -0.481 e. The van der Waals surface area contributed by atoms with Gasteiger partial charge in [-0.1, -0.05) is 74.4 Å². The van der Waals surface area contributed by atoms with Crippen molar-refractivity contribution < 1.29 is 28.9 Å². The van der Waals surface area contributed by atoms with E-state index in [1.165, 1.54) is 12.1 Å². The average Bonchev–Trinajstić information content (AvgIpc) is 2.86. The first kappa shape index (κ1) is 27.2. The molecule has 1 unspecified atom stereocenters. The maximum absolute atomic E-state index is 13.8. The van der Waals surface area contributed by atoms with Crippen LogP contribution in [0.2, 0.25) is 0 Å². The third-order valence-electron chi connectivity index (χ3n) is 6.04. The molecule has 0 amide bonds. The van der Waals surface area contributed by atoms with E-state index in [9.17, 15) is 23.7 Å². The third kappa shape index (κ3) is 6.35. The Morgan fingerprint density at radius 3 is 2.39 bits per heavy atom. The van der Waals surface area contributed by atoms with Crippen molar-refractivity contribution in [2.45, 2.75) is 32.3 Å². The Bertz CT molecular complexity index is 1600. The summed E-state index contributed by atoms with van der Waals surface area (Å²) in [4.78, 5) is 26.2. The van der Waals surface area contributed by atoms with E-state index < -0.39 is 37.8 Å². The Hall–Kier alpha value is -3.82. The van der Waals surface area contributed by atoms with Gasteiger partial charge in [0.05, 0.1) is 35.6 Å². The largest absolute Gasteiger partial charge is 0.481 e. The Labute approximate surface area is 220 Å². The van der Waals surface area contributed by atoms with Crippen LogP contribution >= 0.6 is 7.37 Å². The second-order valence-electron chi connectivity index (χ2n) is 9.38. The van der Waals surface area contributed by atoms with Crippen molar-refractivity contribution in [3.05, 3.63) is 89.9 Å². The maximum Gasteiger partial charge on any atom is 0.305 e. The van der Waals surface area contributed by atoms with Crippen molar-refractivity contribution >= 4 is 24.1 Å². The second kappa shape index (κ2) is 11.3. The van der Waals surface area contributed by atoms with Gasteiger partial charge in [0.15, 0.2) is 0 Å². The van der Waals surface area contributed by atoms with Crippen LogP contribution in [0.5, 0.6) is 0 Å². The SMILES string of the molecule is CC(C)c1nc(-c2cccc3ccccc23)cc(-c2ccc(F)cc2)c1C#CP(=O)(O)C[C@@H](O)CC(=O)O. The monoisotopic (exact) mass is 531 g/mol. The lowest BCUT2D eigenvalue weighted by Gasteiger charge is -2.17. The minimum atomic E-state index is -4.20. The molecular weight excluding hydrogens is 504 g/mol. The molecule has 0 saturated carbocycles. The number of hydrogen-bond acceptors (Lipinski definition) is 4. The molecule has 194 valence electrons. The van der Waals surface area contributed by atoms with Gasteiger partial charge in [-0.25, -0.2) is 4.39 Å². The van der Waals surface area contributed by atoms with Gasteiger partial charge in [0.1, 0.15) is 5.82 Å². The number of aliphatic hydroxyl groups is 1.